The Morgan fingerprint density at radius 1 is 1.55 bits per heavy atom. The Labute approximate surface area is 65.5 Å². The number of aliphatic hydroxyl groups is 1. The molecule has 0 unspecified atom stereocenters. The lowest BCUT2D eigenvalue weighted by atomic mass is 10.1. The van der Waals surface area contributed by atoms with Gasteiger partial charge in [-0.05, 0) is 18.6 Å². The van der Waals surface area contributed by atoms with Gasteiger partial charge in [0.1, 0.15) is 6.61 Å². The van der Waals surface area contributed by atoms with E-state index in [0.717, 1.165) is 5.56 Å². The molecule has 1 aromatic carbocycles. The number of benzene rings is 1. The largest absolute Gasteiger partial charge is 0.388 e. The zero-order valence-corrected chi connectivity index (χ0v) is 6.08. The highest BCUT2D eigenvalue weighted by Gasteiger charge is 2.01. The van der Waals surface area contributed by atoms with Crippen molar-refractivity contribution in [3.8, 4) is 0 Å². The van der Waals surface area contributed by atoms with Gasteiger partial charge in [0.15, 0.2) is 5.78 Å². The van der Waals surface area contributed by atoms with Gasteiger partial charge >= 0.3 is 0 Å². The summed E-state index contributed by atoms with van der Waals surface area (Å²) in [6.45, 7) is 3.22. The van der Waals surface area contributed by atoms with Crippen molar-refractivity contribution >= 4 is 5.78 Å². The molecule has 2 heteroatoms. The maximum atomic E-state index is 10.9. The lowest BCUT2D eigenvalue weighted by molar-refractivity contribution is 0.0903. The monoisotopic (exact) mass is 149 g/mol. The maximum absolute atomic E-state index is 10.9. The molecular weight excluding hydrogens is 140 g/mol. The molecule has 0 aliphatic rings. The van der Waals surface area contributed by atoms with Crippen molar-refractivity contribution in [3.63, 3.8) is 0 Å². The van der Waals surface area contributed by atoms with Crippen LogP contribution in [0.5, 0.6) is 0 Å². The Kier molecular flexibility index (Phi) is 2.39. The first-order valence-corrected chi connectivity index (χ1v) is 3.30. The Bertz CT molecular complexity index is 266. The summed E-state index contributed by atoms with van der Waals surface area (Å²) in [6, 6.07) is 6.85. The van der Waals surface area contributed by atoms with Crippen LogP contribution in [0.15, 0.2) is 24.3 Å². The second-order valence-electron chi connectivity index (χ2n) is 2.28. The quantitative estimate of drug-likeness (QED) is 0.638. The number of hydrogen-bond acceptors (Lipinski definition) is 2. The number of hydrogen-bond donors (Lipinski definition) is 1. The lowest BCUT2D eigenvalue weighted by Crippen LogP contribution is -2.03. The first-order chi connectivity index (χ1) is 5.24. The molecule has 0 aliphatic carbocycles. The molecule has 1 radical (unpaired) electrons. The molecule has 0 spiro atoms. The summed E-state index contributed by atoms with van der Waals surface area (Å²) >= 11 is 0. The molecule has 0 amide bonds. The zero-order chi connectivity index (χ0) is 8.27. The Balaban J connectivity index is 2.96. The van der Waals surface area contributed by atoms with Crippen LogP contribution < -0.4 is 0 Å². The van der Waals surface area contributed by atoms with Crippen molar-refractivity contribution in [3.05, 3.63) is 42.3 Å². The fourth-order valence-corrected chi connectivity index (χ4v) is 0.836. The van der Waals surface area contributed by atoms with Crippen molar-refractivity contribution in [1.29, 1.82) is 0 Å². The predicted octanol–water partition coefficient (Wildman–Crippen LogP) is 1.04. The van der Waals surface area contributed by atoms with Crippen LogP contribution in [-0.4, -0.2) is 17.5 Å². The van der Waals surface area contributed by atoms with E-state index >= 15 is 0 Å². The minimum Gasteiger partial charge on any atom is -0.388 e. The van der Waals surface area contributed by atoms with E-state index in [-0.39, 0.29) is 5.78 Å². The van der Waals surface area contributed by atoms with Gasteiger partial charge in [-0.2, -0.15) is 0 Å². The van der Waals surface area contributed by atoms with Crippen LogP contribution in [0.2, 0.25) is 0 Å². The third-order valence-electron chi connectivity index (χ3n) is 1.39. The molecule has 0 heterocycles. The molecule has 0 aliphatic heterocycles. The van der Waals surface area contributed by atoms with E-state index in [2.05, 4.69) is 6.92 Å². The molecule has 2 nitrogen and oxygen atoms in total. The highest BCUT2D eigenvalue weighted by atomic mass is 16.3. The smallest absolute Gasteiger partial charge is 0.188 e. The van der Waals surface area contributed by atoms with Crippen LogP contribution in [-0.2, 0) is 0 Å². The highest BCUT2D eigenvalue weighted by molar-refractivity contribution is 5.97. The van der Waals surface area contributed by atoms with Gasteiger partial charge in [0.05, 0.1) is 0 Å². The summed E-state index contributed by atoms with van der Waals surface area (Å²) in [7, 11) is 0. The minimum absolute atomic E-state index is 0.268. The molecule has 1 rings (SSSR count). The standard InChI is InChI=1S/C9H9O2/c1-7-3-2-4-8(5-7)9(11)6-10/h2-5,10H,1,6H2. The average Bonchev–Trinajstić information content (AvgIpc) is 2.03. The fourth-order valence-electron chi connectivity index (χ4n) is 0.836. The molecule has 1 aromatic rings. The van der Waals surface area contributed by atoms with E-state index < -0.39 is 6.61 Å². The van der Waals surface area contributed by atoms with E-state index in [1.54, 1.807) is 24.3 Å². The SMILES string of the molecule is [CH2]c1cccc(C(=O)CO)c1. The minimum atomic E-state index is -0.441. The van der Waals surface area contributed by atoms with Crippen molar-refractivity contribution in [2.75, 3.05) is 6.61 Å². The van der Waals surface area contributed by atoms with Crippen molar-refractivity contribution in [2.45, 2.75) is 0 Å². The molecule has 57 valence electrons. The molecule has 0 saturated heterocycles. The summed E-state index contributed by atoms with van der Waals surface area (Å²) in [6.07, 6.45) is 0. The highest BCUT2D eigenvalue weighted by Crippen LogP contribution is 2.03. The number of carbonyl (C=O) groups excluding carboxylic acids is 1. The van der Waals surface area contributed by atoms with Gasteiger partial charge in [-0.1, -0.05) is 18.2 Å². The molecular formula is C9H9O2. The zero-order valence-electron chi connectivity index (χ0n) is 6.08. The fraction of sp³-hybridized carbons (Fsp3) is 0.111. The Hall–Kier alpha value is -1.15. The first kappa shape index (κ1) is 7.95. The summed E-state index contributed by atoms with van der Waals surface area (Å²) in [5, 5.41) is 8.51. The summed E-state index contributed by atoms with van der Waals surface area (Å²) in [5.74, 6) is -0.268. The van der Waals surface area contributed by atoms with Crippen molar-refractivity contribution < 1.29 is 9.90 Å². The number of aliphatic hydroxyl groups excluding tert-OH is 1. The first-order valence-electron chi connectivity index (χ1n) is 3.30. The van der Waals surface area contributed by atoms with Gasteiger partial charge in [0.2, 0.25) is 0 Å². The van der Waals surface area contributed by atoms with E-state index in [0.29, 0.717) is 5.56 Å². The van der Waals surface area contributed by atoms with Crippen LogP contribution in [0.1, 0.15) is 15.9 Å². The van der Waals surface area contributed by atoms with Gasteiger partial charge in [-0.15, -0.1) is 0 Å². The van der Waals surface area contributed by atoms with E-state index in [4.69, 9.17) is 5.11 Å². The molecule has 0 atom stereocenters. The number of rotatable bonds is 2. The summed E-state index contributed by atoms with van der Waals surface area (Å²) in [5.41, 5.74) is 1.30. The van der Waals surface area contributed by atoms with Crippen molar-refractivity contribution in [1.82, 2.24) is 0 Å². The lowest BCUT2D eigenvalue weighted by Gasteiger charge is -1.97. The Morgan fingerprint density at radius 3 is 2.82 bits per heavy atom. The van der Waals surface area contributed by atoms with Gasteiger partial charge < -0.3 is 5.11 Å². The molecule has 11 heavy (non-hydrogen) atoms. The second kappa shape index (κ2) is 3.30. The van der Waals surface area contributed by atoms with E-state index in [9.17, 15) is 4.79 Å². The normalized spacial score (nSPS) is 9.64. The van der Waals surface area contributed by atoms with Crippen LogP contribution >= 0.6 is 0 Å². The van der Waals surface area contributed by atoms with Crippen LogP contribution in [0.4, 0.5) is 0 Å². The summed E-state index contributed by atoms with van der Waals surface area (Å²) in [4.78, 5) is 10.9. The van der Waals surface area contributed by atoms with Crippen molar-refractivity contribution in [2.24, 2.45) is 0 Å². The van der Waals surface area contributed by atoms with Crippen LogP contribution in [0.25, 0.3) is 0 Å². The van der Waals surface area contributed by atoms with E-state index in [1.807, 2.05) is 0 Å². The molecule has 0 fully saturated rings. The molecule has 0 bridgehead atoms. The van der Waals surface area contributed by atoms with Gasteiger partial charge in [-0.3, -0.25) is 4.79 Å². The Morgan fingerprint density at radius 2 is 2.27 bits per heavy atom. The van der Waals surface area contributed by atoms with Crippen LogP contribution in [0.3, 0.4) is 0 Å². The molecule has 1 N–H and O–H groups in total. The van der Waals surface area contributed by atoms with Gasteiger partial charge in [0.25, 0.3) is 0 Å². The van der Waals surface area contributed by atoms with Gasteiger partial charge in [0, 0.05) is 5.56 Å². The maximum Gasteiger partial charge on any atom is 0.188 e. The molecule has 0 aromatic heterocycles. The number of carbonyl (C=O) groups is 1. The van der Waals surface area contributed by atoms with E-state index in [1.165, 1.54) is 0 Å². The third kappa shape index (κ3) is 1.88. The topological polar surface area (TPSA) is 37.3 Å². The van der Waals surface area contributed by atoms with Crippen LogP contribution in [0, 0.1) is 6.92 Å². The average molecular weight is 149 g/mol. The third-order valence-corrected chi connectivity index (χ3v) is 1.39. The second-order valence-corrected chi connectivity index (χ2v) is 2.28. The number of Topliss-reactive ketones (excluding diaryl/α,β-unsaturated/α-hetero) is 1. The predicted molar refractivity (Wildman–Crippen MR) is 42.3 cm³/mol. The summed E-state index contributed by atoms with van der Waals surface area (Å²) < 4.78 is 0. The number of ketones is 1. The molecule has 0 saturated carbocycles. The van der Waals surface area contributed by atoms with Gasteiger partial charge in [-0.25, -0.2) is 0 Å².